The van der Waals surface area contributed by atoms with Crippen LogP contribution in [0, 0.1) is 5.82 Å². The summed E-state index contributed by atoms with van der Waals surface area (Å²) in [6.07, 6.45) is 0.757. The molecule has 0 aliphatic rings. The van der Waals surface area contributed by atoms with Gasteiger partial charge in [-0.25, -0.2) is 9.18 Å². The number of nitrogens with two attached hydrogens (primary N) is 1. The maximum atomic E-state index is 11.9. The number of aromatic carboxylic acids is 1. The van der Waals surface area contributed by atoms with E-state index in [9.17, 15) is 9.18 Å². The van der Waals surface area contributed by atoms with E-state index in [1.165, 1.54) is 18.2 Å². The summed E-state index contributed by atoms with van der Waals surface area (Å²) in [4.78, 5) is 10.6. The Kier molecular flexibility index (Phi) is 5.54. The number of aryl methyl sites for hydroxylation is 1. The van der Waals surface area contributed by atoms with Crippen molar-refractivity contribution in [3.63, 3.8) is 0 Å². The number of rotatable bonds is 2. The predicted molar refractivity (Wildman–Crippen MR) is 73.6 cm³/mol. The highest BCUT2D eigenvalue weighted by molar-refractivity contribution is 5.94. The molecule has 4 heteroatoms. The fourth-order valence-corrected chi connectivity index (χ4v) is 1.52. The first kappa shape index (κ1) is 14.7. The van der Waals surface area contributed by atoms with E-state index in [1.54, 1.807) is 24.3 Å². The third-order valence-corrected chi connectivity index (χ3v) is 2.54. The Hall–Kier alpha value is -2.36. The molecule has 0 saturated heterocycles. The summed E-state index contributed by atoms with van der Waals surface area (Å²) < 4.78 is 11.9. The van der Waals surface area contributed by atoms with E-state index in [0.717, 1.165) is 12.0 Å². The molecule has 0 saturated carbocycles. The van der Waals surface area contributed by atoms with E-state index >= 15 is 0 Å². The summed E-state index contributed by atoms with van der Waals surface area (Å²) in [7, 11) is 0. The molecule has 3 N–H and O–H groups in total. The third-order valence-electron chi connectivity index (χ3n) is 2.54. The van der Waals surface area contributed by atoms with Crippen LogP contribution < -0.4 is 5.73 Å². The number of carbonyl (C=O) groups is 1. The van der Waals surface area contributed by atoms with Crippen LogP contribution in [-0.4, -0.2) is 11.1 Å². The molecule has 0 heterocycles. The van der Waals surface area contributed by atoms with Gasteiger partial charge in [-0.05, 0) is 30.2 Å². The number of carboxylic acids is 1. The van der Waals surface area contributed by atoms with Crippen molar-refractivity contribution in [2.24, 2.45) is 0 Å². The van der Waals surface area contributed by atoms with Gasteiger partial charge in [0.1, 0.15) is 5.82 Å². The summed E-state index contributed by atoms with van der Waals surface area (Å²) in [5.74, 6) is -1.15. The van der Waals surface area contributed by atoms with Crippen molar-refractivity contribution >= 4 is 11.7 Å². The van der Waals surface area contributed by atoms with Crippen LogP contribution in [0.3, 0.4) is 0 Å². The first-order valence-electron chi connectivity index (χ1n) is 5.87. The first-order valence-corrected chi connectivity index (χ1v) is 5.87. The monoisotopic (exact) mass is 261 g/mol. The zero-order chi connectivity index (χ0) is 14.3. The highest BCUT2D eigenvalue weighted by Gasteiger charge is 2.08. The van der Waals surface area contributed by atoms with E-state index < -0.39 is 5.97 Å². The second kappa shape index (κ2) is 7.16. The van der Waals surface area contributed by atoms with Gasteiger partial charge in [-0.2, -0.15) is 0 Å². The normalized spacial score (nSPS) is 9.37. The van der Waals surface area contributed by atoms with E-state index in [0.29, 0.717) is 5.69 Å². The number of benzene rings is 2. The van der Waals surface area contributed by atoms with E-state index in [2.05, 4.69) is 0 Å². The van der Waals surface area contributed by atoms with Crippen molar-refractivity contribution in [1.29, 1.82) is 0 Å². The second-order valence-corrected chi connectivity index (χ2v) is 3.83. The molecule has 0 unspecified atom stereocenters. The number of nitrogen functional groups attached to an aromatic ring is 1. The van der Waals surface area contributed by atoms with Crippen molar-refractivity contribution in [3.05, 3.63) is 65.5 Å². The molecule has 0 aliphatic carbocycles. The minimum Gasteiger partial charge on any atom is -0.478 e. The smallest absolute Gasteiger partial charge is 0.337 e. The summed E-state index contributed by atoms with van der Waals surface area (Å²) in [6.45, 7) is 1.94. The lowest BCUT2D eigenvalue weighted by atomic mass is 10.1. The highest BCUT2D eigenvalue weighted by Crippen LogP contribution is 2.17. The zero-order valence-corrected chi connectivity index (χ0v) is 10.6. The number of anilines is 1. The summed E-state index contributed by atoms with van der Waals surface area (Å²) in [5.41, 5.74) is 7.07. The van der Waals surface area contributed by atoms with Gasteiger partial charge in [-0.3, -0.25) is 0 Å². The molecule has 0 aromatic heterocycles. The van der Waals surface area contributed by atoms with Crippen molar-refractivity contribution in [1.82, 2.24) is 0 Å². The molecule has 2 aromatic carbocycles. The second-order valence-electron chi connectivity index (χ2n) is 3.83. The largest absolute Gasteiger partial charge is 0.478 e. The van der Waals surface area contributed by atoms with Crippen molar-refractivity contribution in [2.45, 2.75) is 13.3 Å². The fourth-order valence-electron chi connectivity index (χ4n) is 1.52. The number of para-hydroxylation sites is 1. The van der Waals surface area contributed by atoms with Crippen LogP contribution >= 0.6 is 0 Å². The number of hydrogen-bond acceptors (Lipinski definition) is 2. The lowest BCUT2D eigenvalue weighted by Crippen LogP contribution is -2.04. The molecule has 2 aromatic rings. The Morgan fingerprint density at radius 2 is 1.79 bits per heavy atom. The zero-order valence-electron chi connectivity index (χ0n) is 10.6. The van der Waals surface area contributed by atoms with Crippen molar-refractivity contribution in [3.8, 4) is 0 Å². The van der Waals surface area contributed by atoms with Gasteiger partial charge in [-0.15, -0.1) is 0 Å². The molecule has 3 nitrogen and oxygen atoms in total. The topological polar surface area (TPSA) is 63.3 Å². The van der Waals surface area contributed by atoms with Crippen molar-refractivity contribution < 1.29 is 14.3 Å². The van der Waals surface area contributed by atoms with Gasteiger partial charge in [0.2, 0.25) is 0 Å². The summed E-state index contributed by atoms with van der Waals surface area (Å²) in [5, 5.41) is 8.71. The molecule has 0 spiro atoms. The molecule has 2 rings (SSSR count). The van der Waals surface area contributed by atoms with Crippen LogP contribution in [0.5, 0.6) is 0 Å². The molecular weight excluding hydrogens is 245 g/mol. The van der Waals surface area contributed by atoms with E-state index in [1.807, 2.05) is 13.0 Å². The van der Waals surface area contributed by atoms with Crippen LogP contribution in [-0.2, 0) is 6.42 Å². The van der Waals surface area contributed by atoms with Gasteiger partial charge in [0.15, 0.2) is 0 Å². The molecule has 0 bridgehead atoms. The standard InChI is InChI=1S/C9H11NO2.C6H5F/c1-2-6-4-3-5-7(8(6)10)9(11)12;7-6-4-2-1-3-5-6/h3-5H,2,10H2,1H3,(H,11,12);1-5H. The molecule has 0 fully saturated rings. The van der Waals surface area contributed by atoms with Crippen LogP contribution in [0.2, 0.25) is 0 Å². The number of carboxylic acid groups (broad SMARTS) is 1. The Bertz CT molecular complexity index is 541. The SMILES string of the molecule is CCc1cccc(C(=O)O)c1N.Fc1ccccc1. The van der Waals surface area contributed by atoms with Gasteiger partial charge in [0.25, 0.3) is 0 Å². The maximum absolute atomic E-state index is 11.9. The molecule has 0 radical (unpaired) electrons. The minimum absolute atomic E-state index is 0.178. The number of halogens is 1. The molecule has 0 aliphatic heterocycles. The van der Waals surface area contributed by atoms with Gasteiger partial charge < -0.3 is 10.8 Å². The van der Waals surface area contributed by atoms with Gasteiger partial charge >= 0.3 is 5.97 Å². The van der Waals surface area contributed by atoms with Crippen LogP contribution in [0.1, 0.15) is 22.8 Å². The van der Waals surface area contributed by atoms with Gasteiger partial charge in [0.05, 0.1) is 5.56 Å². The Labute approximate surface area is 111 Å². The third kappa shape index (κ3) is 4.43. The van der Waals surface area contributed by atoms with Crippen LogP contribution in [0.25, 0.3) is 0 Å². The number of hydrogen-bond donors (Lipinski definition) is 2. The van der Waals surface area contributed by atoms with Gasteiger partial charge in [0, 0.05) is 5.69 Å². The minimum atomic E-state index is -0.970. The van der Waals surface area contributed by atoms with Crippen LogP contribution in [0.4, 0.5) is 10.1 Å². The average Bonchev–Trinajstić information content (AvgIpc) is 2.40. The average molecular weight is 261 g/mol. The van der Waals surface area contributed by atoms with Crippen molar-refractivity contribution in [2.75, 3.05) is 5.73 Å². The summed E-state index contributed by atoms with van der Waals surface area (Å²) in [6, 6.07) is 13.0. The lowest BCUT2D eigenvalue weighted by molar-refractivity contribution is 0.0698. The van der Waals surface area contributed by atoms with Crippen LogP contribution in [0.15, 0.2) is 48.5 Å². The van der Waals surface area contributed by atoms with E-state index in [4.69, 9.17) is 10.8 Å². The molecule has 19 heavy (non-hydrogen) atoms. The molecule has 0 amide bonds. The maximum Gasteiger partial charge on any atom is 0.337 e. The summed E-state index contributed by atoms with van der Waals surface area (Å²) >= 11 is 0. The predicted octanol–water partition coefficient (Wildman–Crippen LogP) is 3.36. The lowest BCUT2D eigenvalue weighted by Gasteiger charge is -2.04. The molecule has 0 atom stereocenters. The fraction of sp³-hybridized carbons (Fsp3) is 0.133. The Balaban J connectivity index is 0.000000218. The van der Waals surface area contributed by atoms with Gasteiger partial charge in [-0.1, -0.05) is 37.3 Å². The Morgan fingerprint density at radius 3 is 2.21 bits per heavy atom. The first-order chi connectivity index (χ1) is 9.06. The highest BCUT2D eigenvalue weighted by atomic mass is 19.1. The van der Waals surface area contributed by atoms with E-state index in [-0.39, 0.29) is 11.4 Å². The Morgan fingerprint density at radius 1 is 1.16 bits per heavy atom. The quantitative estimate of drug-likeness (QED) is 0.815. The molecular formula is C15H16FNO2. The molecule has 100 valence electrons.